The molecule has 2 atom stereocenters. The fraction of sp³-hybridized carbons (Fsp3) is 0.615. The van der Waals surface area contributed by atoms with Crippen LogP contribution in [-0.2, 0) is 4.79 Å². The molecule has 0 saturated carbocycles. The molecule has 19 heavy (non-hydrogen) atoms. The van der Waals surface area contributed by atoms with Gasteiger partial charge in [0.15, 0.2) is 0 Å². The fourth-order valence-electron chi connectivity index (χ4n) is 3.20. The average molecular weight is 262 g/mol. The van der Waals surface area contributed by atoms with Crippen molar-refractivity contribution in [1.29, 1.82) is 0 Å². The van der Waals surface area contributed by atoms with Gasteiger partial charge in [-0.1, -0.05) is 0 Å². The van der Waals surface area contributed by atoms with Gasteiger partial charge in [0.05, 0.1) is 12.6 Å². The predicted octanol–water partition coefficient (Wildman–Crippen LogP) is 0.403. The predicted molar refractivity (Wildman–Crippen MR) is 69.4 cm³/mol. The summed E-state index contributed by atoms with van der Waals surface area (Å²) in [5.74, 6) is 0.261. The summed E-state index contributed by atoms with van der Waals surface area (Å²) in [6, 6.07) is 2.40. The fourth-order valence-corrected chi connectivity index (χ4v) is 3.20. The maximum Gasteiger partial charge on any atom is 0.240 e. The van der Waals surface area contributed by atoms with Gasteiger partial charge in [-0.3, -0.25) is 15.0 Å². The Hall–Kier alpha value is -1.53. The highest BCUT2D eigenvalue weighted by Crippen LogP contribution is 2.35. The van der Waals surface area contributed by atoms with E-state index in [0.29, 0.717) is 24.6 Å². The normalized spacial score (nSPS) is 30.3. The molecule has 2 bridgehead atoms. The molecule has 2 N–H and O–H groups in total. The van der Waals surface area contributed by atoms with Crippen LogP contribution in [-0.4, -0.2) is 50.6 Å². The molecule has 0 spiro atoms. The van der Waals surface area contributed by atoms with Crippen molar-refractivity contribution >= 4 is 11.9 Å². The van der Waals surface area contributed by atoms with Crippen molar-refractivity contribution in [3.63, 3.8) is 0 Å². The van der Waals surface area contributed by atoms with Crippen molar-refractivity contribution in [1.82, 2.24) is 14.9 Å². The van der Waals surface area contributed by atoms with E-state index < -0.39 is 0 Å². The summed E-state index contributed by atoms with van der Waals surface area (Å²) < 4.78 is 0. The molecule has 2 fully saturated rings. The molecule has 2 aliphatic heterocycles. The first-order valence-corrected chi connectivity index (χ1v) is 6.73. The lowest BCUT2D eigenvalue weighted by Gasteiger charge is -2.36. The monoisotopic (exact) mass is 262 g/mol. The summed E-state index contributed by atoms with van der Waals surface area (Å²) in [5, 5.41) is 12.4. The highest BCUT2D eigenvalue weighted by molar-refractivity contribution is 5.90. The van der Waals surface area contributed by atoms with Crippen LogP contribution in [0.25, 0.3) is 0 Å². The molecule has 3 heterocycles. The summed E-state index contributed by atoms with van der Waals surface area (Å²) in [5.41, 5.74) is 0. The lowest BCUT2D eigenvalue weighted by Crippen LogP contribution is -2.47. The van der Waals surface area contributed by atoms with Gasteiger partial charge in [0, 0.05) is 24.5 Å². The molecule has 1 amide bonds. The van der Waals surface area contributed by atoms with Gasteiger partial charge in [0.25, 0.3) is 0 Å². The highest BCUT2D eigenvalue weighted by Gasteiger charge is 2.40. The number of amides is 1. The van der Waals surface area contributed by atoms with E-state index in [2.05, 4.69) is 20.2 Å². The van der Waals surface area contributed by atoms with Crippen LogP contribution in [0.15, 0.2) is 18.5 Å². The number of anilines is 1. The molecule has 2 aliphatic rings. The number of nitrogens with zero attached hydrogens (tertiary/aromatic N) is 3. The number of nitrogens with one attached hydrogen (secondary N) is 1. The lowest BCUT2D eigenvalue weighted by atomic mass is 10.00. The number of aliphatic hydroxyl groups is 1. The maximum absolute atomic E-state index is 12.0. The third-order valence-electron chi connectivity index (χ3n) is 4.00. The number of hydrogen-bond acceptors (Lipinski definition) is 5. The van der Waals surface area contributed by atoms with Gasteiger partial charge in [-0.25, -0.2) is 9.97 Å². The number of hydrogen-bond donors (Lipinski definition) is 2. The van der Waals surface area contributed by atoms with E-state index in [9.17, 15) is 9.90 Å². The number of carbonyl (C=O) groups excluding carboxylic acids is 1. The third-order valence-corrected chi connectivity index (χ3v) is 4.00. The second kappa shape index (κ2) is 5.22. The van der Waals surface area contributed by atoms with Crippen molar-refractivity contribution in [2.24, 2.45) is 0 Å². The Morgan fingerprint density at radius 1 is 1.32 bits per heavy atom. The molecule has 3 rings (SSSR count). The van der Waals surface area contributed by atoms with Gasteiger partial charge in [-0.15, -0.1) is 0 Å². The van der Waals surface area contributed by atoms with Crippen LogP contribution in [0.2, 0.25) is 0 Å². The smallest absolute Gasteiger partial charge is 0.240 e. The van der Waals surface area contributed by atoms with Crippen LogP contribution < -0.4 is 5.32 Å². The molecule has 0 radical (unpaired) electrons. The summed E-state index contributed by atoms with van der Waals surface area (Å²) >= 11 is 0. The minimum absolute atomic E-state index is 0.0838. The number of fused-ring (bicyclic) bond motifs is 2. The van der Waals surface area contributed by atoms with Crippen molar-refractivity contribution in [2.75, 3.05) is 11.9 Å². The van der Waals surface area contributed by atoms with Crippen LogP contribution in [0, 0.1) is 0 Å². The molecule has 102 valence electrons. The summed E-state index contributed by atoms with van der Waals surface area (Å²) in [7, 11) is 0. The molecule has 6 nitrogen and oxygen atoms in total. The van der Waals surface area contributed by atoms with Gasteiger partial charge >= 0.3 is 0 Å². The Morgan fingerprint density at radius 3 is 2.58 bits per heavy atom. The lowest BCUT2D eigenvalue weighted by molar-refractivity contribution is -0.119. The van der Waals surface area contributed by atoms with Crippen LogP contribution in [0.5, 0.6) is 0 Å². The van der Waals surface area contributed by atoms with Crippen molar-refractivity contribution in [2.45, 2.75) is 43.9 Å². The topological polar surface area (TPSA) is 78.4 Å². The van der Waals surface area contributed by atoms with E-state index in [0.717, 1.165) is 25.7 Å². The zero-order chi connectivity index (χ0) is 13.2. The SMILES string of the molecule is O=C(CN1C2CCC1CC(O)C2)Nc1ncccn1. The van der Waals surface area contributed by atoms with Crippen molar-refractivity contribution in [3.05, 3.63) is 18.5 Å². The molecule has 1 aromatic rings. The first-order valence-electron chi connectivity index (χ1n) is 6.73. The summed E-state index contributed by atoms with van der Waals surface area (Å²) in [4.78, 5) is 22.2. The zero-order valence-electron chi connectivity index (χ0n) is 10.7. The Bertz CT molecular complexity index is 439. The molecule has 0 aliphatic carbocycles. The van der Waals surface area contributed by atoms with E-state index in [1.807, 2.05) is 0 Å². The molecule has 1 aromatic heterocycles. The van der Waals surface area contributed by atoms with Gasteiger partial charge in [-0.2, -0.15) is 0 Å². The van der Waals surface area contributed by atoms with Crippen LogP contribution >= 0.6 is 0 Å². The van der Waals surface area contributed by atoms with E-state index >= 15 is 0 Å². The Kier molecular flexibility index (Phi) is 3.44. The Labute approximate surface area is 111 Å². The largest absolute Gasteiger partial charge is 0.393 e. The summed E-state index contributed by atoms with van der Waals surface area (Å²) in [6.45, 7) is 0.361. The molecule has 2 saturated heterocycles. The molecule has 6 heteroatoms. The third kappa shape index (κ3) is 2.74. The number of carbonyl (C=O) groups is 1. The number of aliphatic hydroxyl groups excluding tert-OH is 1. The van der Waals surface area contributed by atoms with Gasteiger partial charge in [0.1, 0.15) is 0 Å². The molecular weight excluding hydrogens is 244 g/mol. The molecular formula is C13H18N4O2. The first-order chi connectivity index (χ1) is 9.22. The van der Waals surface area contributed by atoms with E-state index in [1.54, 1.807) is 18.5 Å². The van der Waals surface area contributed by atoms with Crippen LogP contribution in [0.4, 0.5) is 5.95 Å². The van der Waals surface area contributed by atoms with E-state index in [1.165, 1.54) is 0 Å². The second-order valence-electron chi connectivity index (χ2n) is 5.30. The van der Waals surface area contributed by atoms with Gasteiger partial charge in [0.2, 0.25) is 11.9 Å². The van der Waals surface area contributed by atoms with Crippen molar-refractivity contribution < 1.29 is 9.90 Å². The summed E-state index contributed by atoms with van der Waals surface area (Å²) in [6.07, 6.45) is 6.73. The van der Waals surface area contributed by atoms with Crippen LogP contribution in [0.1, 0.15) is 25.7 Å². The van der Waals surface area contributed by atoms with E-state index in [4.69, 9.17) is 0 Å². The quantitative estimate of drug-likeness (QED) is 0.824. The maximum atomic E-state index is 12.0. The van der Waals surface area contributed by atoms with Crippen molar-refractivity contribution in [3.8, 4) is 0 Å². The number of aromatic nitrogens is 2. The standard InChI is InChI=1S/C13H18N4O2/c18-11-6-9-2-3-10(7-11)17(9)8-12(19)16-13-14-4-1-5-15-13/h1,4-5,9-11,18H,2-3,6-8H2,(H,14,15,16,19). The van der Waals surface area contributed by atoms with Crippen LogP contribution in [0.3, 0.4) is 0 Å². The van der Waals surface area contributed by atoms with Gasteiger partial charge < -0.3 is 5.11 Å². The highest BCUT2D eigenvalue weighted by atomic mass is 16.3. The number of piperidine rings is 1. The van der Waals surface area contributed by atoms with E-state index in [-0.39, 0.29) is 12.0 Å². The second-order valence-corrected chi connectivity index (χ2v) is 5.30. The first kappa shape index (κ1) is 12.5. The number of rotatable bonds is 3. The average Bonchev–Trinajstić information content (AvgIpc) is 2.63. The minimum Gasteiger partial charge on any atom is -0.393 e. The Morgan fingerprint density at radius 2 is 1.95 bits per heavy atom. The Balaban J connectivity index is 1.58. The minimum atomic E-state index is -0.200. The van der Waals surface area contributed by atoms with Gasteiger partial charge in [-0.05, 0) is 31.7 Å². The molecule has 0 aromatic carbocycles. The molecule has 2 unspecified atom stereocenters. The zero-order valence-corrected chi connectivity index (χ0v) is 10.7.